The van der Waals surface area contributed by atoms with Gasteiger partial charge in [0, 0.05) is 16.8 Å². The van der Waals surface area contributed by atoms with Crippen molar-refractivity contribution in [3.05, 3.63) is 75.7 Å². The number of aromatic nitrogens is 2. The van der Waals surface area contributed by atoms with E-state index in [1.807, 2.05) is 0 Å². The predicted octanol–water partition coefficient (Wildman–Crippen LogP) is 5.23. The predicted molar refractivity (Wildman–Crippen MR) is 98.8 cm³/mol. The molecule has 0 aliphatic rings. The first-order valence-corrected chi connectivity index (χ1v) is 8.61. The highest BCUT2D eigenvalue weighted by Crippen LogP contribution is 2.26. The molecular weight excluding hydrogens is 418 g/mol. The molecule has 1 aromatic heterocycles. The zero-order valence-corrected chi connectivity index (χ0v) is 15.5. The summed E-state index contributed by atoms with van der Waals surface area (Å²) in [5.41, 5.74) is 0.0856. The van der Waals surface area contributed by atoms with Gasteiger partial charge in [-0.05, 0) is 24.3 Å². The monoisotopic (exact) mass is 429 g/mol. The molecule has 0 saturated heterocycles. The summed E-state index contributed by atoms with van der Waals surface area (Å²) in [6.07, 6.45) is 1.38. The second kappa shape index (κ2) is 8.53. The fourth-order valence-electron chi connectivity index (χ4n) is 2.44. The average molecular weight is 430 g/mol. The molecular formula is C18H12Cl2F3N3O2. The summed E-state index contributed by atoms with van der Waals surface area (Å²) in [5, 5.41) is 6.80. The van der Waals surface area contributed by atoms with E-state index in [1.165, 1.54) is 53.3 Å². The number of carbonyl (C=O) groups is 1. The number of amides is 1. The maximum atomic E-state index is 13.9. The molecule has 0 bridgehead atoms. The molecule has 28 heavy (non-hydrogen) atoms. The van der Waals surface area contributed by atoms with Gasteiger partial charge in [-0.1, -0.05) is 41.4 Å². The van der Waals surface area contributed by atoms with Gasteiger partial charge < -0.3 is 10.1 Å². The van der Waals surface area contributed by atoms with Gasteiger partial charge in [0.2, 0.25) is 0 Å². The summed E-state index contributed by atoms with van der Waals surface area (Å²) < 4.78 is 44.5. The third kappa shape index (κ3) is 4.58. The van der Waals surface area contributed by atoms with Gasteiger partial charge >= 0.3 is 6.61 Å². The Labute approximate surface area is 167 Å². The van der Waals surface area contributed by atoms with Crippen molar-refractivity contribution in [3.8, 4) is 5.75 Å². The maximum absolute atomic E-state index is 13.9. The lowest BCUT2D eigenvalue weighted by molar-refractivity contribution is -0.0501. The number of nitrogens with one attached hydrogen (secondary N) is 1. The fourth-order valence-corrected chi connectivity index (χ4v) is 2.86. The molecule has 0 saturated carbocycles. The molecule has 2 aromatic carbocycles. The first-order valence-electron chi connectivity index (χ1n) is 7.86. The molecule has 0 atom stereocenters. The third-order valence-electron chi connectivity index (χ3n) is 3.68. The molecule has 0 fully saturated rings. The normalized spacial score (nSPS) is 10.9. The minimum atomic E-state index is -3.08. The van der Waals surface area contributed by atoms with E-state index in [9.17, 15) is 18.0 Å². The zero-order chi connectivity index (χ0) is 20.3. The number of nitrogens with zero attached hydrogens (tertiary/aromatic N) is 2. The van der Waals surface area contributed by atoms with Gasteiger partial charge in [0.1, 0.15) is 16.6 Å². The Morgan fingerprint density at radius 3 is 2.61 bits per heavy atom. The van der Waals surface area contributed by atoms with Crippen molar-refractivity contribution in [2.45, 2.75) is 13.2 Å². The number of rotatable bonds is 6. The Bertz CT molecular complexity index is 991. The quantitative estimate of drug-likeness (QED) is 0.583. The zero-order valence-electron chi connectivity index (χ0n) is 14.0. The highest BCUT2D eigenvalue weighted by molar-refractivity contribution is 6.33. The van der Waals surface area contributed by atoms with Crippen LogP contribution in [0.3, 0.4) is 0 Å². The van der Waals surface area contributed by atoms with E-state index in [0.29, 0.717) is 0 Å². The van der Waals surface area contributed by atoms with Gasteiger partial charge in [-0.2, -0.15) is 13.9 Å². The van der Waals surface area contributed by atoms with E-state index in [4.69, 9.17) is 23.2 Å². The molecule has 10 heteroatoms. The largest absolute Gasteiger partial charge is 0.434 e. The molecule has 1 amide bonds. The molecule has 1 heterocycles. The first-order chi connectivity index (χ1) is 13.3. The van der Waals surface area contributed by atoms with Crippen LogP contribution in [0, 0.1) is 5.82 Å². The fraction of sp³-hybridized carbons (Fsp3) is 0.111. The molecule has 5 nitrogen and oxygen atoms in total. The van der Waals surface area contributed by atoms with E-state index in [0.717, 1.165) is 0 Å². The Morgan fingerprint density at radius 2 is 1.89 bits per heavy atom. The van der Waals surface area contributed by atoms with Crippen molar-refractivity contribution >= 4 is 34.9 Å². The van der Waals surface area contributed by atoms with E-state index in [2.05, 4.69) is 15.2 Å². The van der Waals surface area contributed by atoms with Gasteiger partial charge in [-0.3, -0.25) is 9.48 Å². The molecule has 1 N–H and O–H groups in total. The van der Waals surface area contributed by atoms with Crippen molar-refractivity contribution in [1.29, 1.82) is 0 Å². The minimum absolute atomic E-state index is 0.0216. The molecule has 3 aromatic rings. The van der Waals surface area contributed by atoms with Gasteiger partial charge in [0.05, 0.1) is 12.1 Å². The van der Waals surface area contributed by atoms with Crippen LogP contribution >= 0.6 is 23.2 Å². The Hall–Kier alpha value is -2.71. The standard InChI is InChI=1S/C18H12Cl2F3N3O2/c19-12-5-3-6-14(21)11(12)8-26-9-13(20)16(25-26)24-17(27)10-4-1-2-7-15(10)28-18(22)23/h1-7,9,18H,8H2,(H,24,25,27). The summed E-state index contributed by atoms with van der Waals surface area (Å²) in [5.74, 6) is -1.57. The van der Waals surface area contributed by atoms with Gasteiger partial charge in [-0.15, -0.1) is 0 Å². The number of halogens is 5. The number of carbonyl (C=O) groups excluding carboxylic acids is 1. The van der Waals surface area contributed by atoms with Crippen LogP contribution in [0.15, 0.2) is 48.7 Å². The minimum Gasteiger partial charge on any atom is -0.434 e. The van der Waals surface area contributed by atoms with Gasteiger partial charge in [0.25, 0.3) is 5.91 Å². The van der Waals surface area contributed by atoms with Crippen molar-refractivity contribution in [2.24, 2.45) is 0 Å². The molecule has 0 aliphatic heterocycles. The summed E-state index contributed by atoms with van der Waals surface area (Å²) >= 11 is 12.1. The van der Waals surface area contributed by atoms with Crippen LogP contribution in [0.5, 0.6) is 5.75 Å². The first kappa shape index (κ1) is 20.0. The third-order valence-corrected chi connectivity index (χ3v) is 4.31. The van der Waals surface area contributed by atoms with Crippen LogP contribution in [0.25, 0.3) is 0 Å². The highest BCUT2D eigenvalue weighted by Gasteiger charge is 2.18. The number of ether oxygens (including phenoxy) is 1. The second-order valence-corrected chi connectivity index (χ2v) is 6.37. The summed E-state index contributed by atoms with van der Waals surface area (Å²) in [7, 11) is 0. The Morgan fingerprint density at radius 1 is 1.14 bits per heavy atom. The molecule has 0 unspecified atom stereocenters. The van der Waals surface area contributed by atoms with Gasteiger partial charge in [-0.25, -0.2) is 4.39 Å². The summed E-state index contributed by atoms with van der Waals surface area (Å²) in [6.45, 7) is -3.10. The van der Waals surface area contributed by atoms with E-state index in [-0.39, 0.29) is 39.3 Å². The van der Waals surface area contributed by atoms with Crippen LogP contribution < -0.4 is 10.1 Å². The van der Waals surface area contributed by atoms with Crippen molar-refractivity contribution in [3.63, 3.8) is 0 Å². The lowest BCUT2D eigenvalue weighted by atomic mass is 10.2. The molecule has 0 aliphatic carbocycles. The molecule has 146 valence electrons. The lowest BCUT2D eigenvalue weighted by Crippen LogP contribution is -2.16. The Kier molecular flexibility index (Phi) is 6.11. The van der Waals surface area contributed by atoms with Crippen molar-refractivity contribution < 1.29 is 22.7 Å². The van der Waals surface area contributed by atoms with E-state index in [1.54, 1.807) is 0 Å². The number of alkyl halides is 2. The number of benzene rings is 2. The number of hydrogen-bond acceptors (Lipinski definition) is 3. The summed E-state index contributed by atoms with van der Waals surface area (Å²) in [4.78, 5) is 12.4. The van der Waals surface area contributed by atoms with Crippen LogP contribution in [0.4, 0.5) is 19.0 Å². The van der Waals surface area contributed by atoms with Crippen LogP contribution in [-0.4, -0.2) is 22.3 Å². The van der Waals surface area contributed by atoms with Crippen LogP contribution in [0.1, 0.15) is 15.9 Å². The number of para-hydroxylation sites is 1. The summed E-state index contributed by atoms with van der Waals surface area (Å²) in [6, 6.07) is 9.77. The topological polar surface area (TPSA) is 56.2 Å². The number of anilines is 1. The molecule has 0 spiro atoms. The SMILES string of the molecule is O=C(Nc1nn(Cc2c(F)cccc2Cl)cc1Cl)c1ccccc1OC(F)F. The maximum Gasteiger partial charge on any atom is 0.387 e. The smallest absolute Gasteiger partial charge is 0.387 e. The highest BCUT2D eigenvalue weighted by atomic mass is 35.5. The number of hydrogen-bond donors (Lipinski definition) is 1. The van der Waals surface area contributed by atoms with E-state index < -0.39 is 18.3 Å². The van der Waals surface area contributed by atoms with Crippen molar-refractivity contribution in [2.75, 3.05) is 5.32 Å². The second-order valence-electron chi connectivity index (χ2n) is 5.55. The van der Waals surface area contributed by atoms with Gasteiger partial charge in [0.15, 0.2) is 5.82 Å². The Balaban J connectivity index is 1.80. The van der Waals surface area contributed by atoms with Crippen LogP contribution in [0.2, 0.25) is 10.0 Å². The molecule has 0 radical (unpaired) electrons. The lowest BCUT2D eigenvalue weighted by Gasteiger charge is -2.10. The van der Waals surface area contributed by atoms with Crippen molar-refractivity contribution in [1.82, 2.24) is 9.78 Å². The van der Waals surface area contributed by atoms with E-state index >= 15 is 0 Å². The average Bonchev–Trinajstić information content (AvgIpc) is 2.97. The van der Waals surface area contributed by atoms with Crippen LogP contribution in [-0.2, 0) is 6.54 Å². The molecule has 3 rings (SSSR count).